The second kappa shape index (κ2) is 9.35. The van der Waals surface area contributed by atoms with Crippen LogP contribution in [0.2, 0.25) is 0 Å². The Balaban J connectivity index is 3.01. The first-order valence-electron chi connectivity index (χ1n) is 7.15. The standard InChI is InChI=1S/C16H25N3O/c1-4-15(18-2)14-8-5-6-9-16(14)19(11-7-10-17)12-13-20-3/h5-6,8-9,15,18H,4,7,11-13H2,1-3H3. The number of para-hydroxylation sites is 1. The predicted molar refractivity (Wildman–Crippen MR) is 82.9 cm³/mol. The van der Waals surface area contributed by atoms with Crippen LogP contribution in [0.3, 0.4) is 0 Å². The highest BCUT2D eigenvalue weighted by atomic mass is 16.5. The lowest BCUT2D eigenvalue weighted by molar-refractivity contribution is 0.205. The SMILES string of the molecule is CCC(NC)c1ccccc1N(CCC#N)CCOC. The second-order valence-electron chi connectivity index (χ2n) is 4.70. The highest BCUT2D eigenvalue weighted by Crippen LogP contribution is 2.28. The van der Waals surface area contributed by atoms with Crippen LogP contribution in [0, 0.1) is 11.3 Å². The molecule has 0 saturated carbocycles. The summed E-state index contributed by atoms with van der Waals surface area (Å²) >= 11 is 0. The first-order chi connectivity index (χ1) is 9.78. The minimum Gasteiger partial charge on any atom is -0.383 e. The summed E-state index contributed by atoms with van der Waals surface area (Å²) in [5.41, 5.74) is 2.48. The molecule has 0 bridgehead atoms. The Hall–Kier alpha value is -1.57. The van der Waals surface area contributed by atoms with Gasteiger partial charge >= 0.3 is 0 Å². The molecule has 1 aromatic rings. The Morgan fingerprint density at radius 3 is 2.70 bits per heavy atom. The Morgan fingerprint density at radius 2 is 2.10 bits per heavy atom. The fraction of sp³-hybridized carbons (Fsp3) is 0.562. The van der Waals surface area contributed by atoms with Crippen molar-refractivity contribution in [3.63, 3.8) is 0 Å². The van der Waals surface area contributed by atoms with Crippen molar-refractivity contribution in [2.75, 3.05) is 38.8 Å². The molecule has 0 aromatic heterocycles. The van der Waals surface area contributed by atoms with E-state index in [9.17, 15) is 0 Å². The van der Waals surface area contributed by atoms with E-state index in [4.69, 9.17) is 10.00 Å². The summed E-state index contributed by atoms with van der Waals surface area (Å²) in [4.78, 5) is 2.24. The molecular formula is C16H25N3O. The van der Waals surface area contributed by atoms with E-state index >= 15 is 0 Å². The highest BCUT2D eigenvalue weighted by molar-refractivity contribution is 5.55. The predicted octanol–water partition coefficient (Wildman–Crippen LogP) is 2.72. The summed E-state index contributed by atoms with van der Waals surface area (Å²) in [6.07, 6.45) is 1.55. The molecule has 0 heterocycles. The van der Waals surface area contributed by atoms with Gasteiger partial charge in [-0.25, -0.2) is 0 Å². The summed E-state index contributed by atoms with van der Waals surface area (Å²) in [6, 6.07) is 11.0. The summed E-state index contributed by atoms with van der Waals surface area (Å²) in [6.45, 7) is 4.37. The van der Waals surface area contributed by atoms with E-state index in [2.05, 4.69) is 41.4 Å². The van der Waals surface area contributed by atoms with Gasteiger partial charge in [0.2, 0.25) is 0 Å². The Kier molecular flexibility index (Phi) is 7.71. The first-order valence-corrected chi connectivity index (χ1v) is 7.15. The Labute approximate surface area is 122 Å². The fourth-order valence-corrected chi connectivity index (χ4v) is 2.39. The highest BCUT2D eigenvalue weighted by Gasteiger charge is 2.15. The van der Waals surface area contributed by atoms with E-state index in [1.165, 1.54) is 11.3 Å². The van der Waals surface area contributed by atoms with Gasteiger partial charge in [-0.05, 0) is 25.1 Å². The molecule has 1 rings (SSSR count). The number of ether oxygens (including phenoxy) is 1. The molecule has 0 radical (unpaired) electrons. The van der Waals surface area contributed by atoms with Crippen molar-refractivity contribution in [1.82, 2.24) is 5.32 Å². The van der Waals surface area contributed by atoms with E-state index in [-0.39, 0.29) is 0 Å². The van der Waals surface area contributed by atoms with E-state index in [0.717, 1.165) is 19.5 Å². The van der Waals surface area contributed by atoms with Gasteiger partial charge in [-0.15, -0.1) is 0 Å². The van der Waals surface area contributed by atoms with Crippen LogP contribution >= 0.6 is 0 Å². The maximum absolute atomic E-state index is 8.84. The van der Waals surface area contributed by atoms with Crippen LogP contribution in [0.4, 0.5) is 5.69 Å². The lowest BCUT2D eigenvalue weighted by Crippen LogP contribution is -2.30. The van der Waals surface area contributed by atoms with Crippen LogP contribution in [-0.2, 0) is 4.74 Å². The fourth-order valence-electron chi connectivity index (χ4n) is 2.39. The smallest absolute Gasteiger partial charge is 0.0640 e. The van der Waals surface area contributed by atoms with Crippen LogP contribution in [0.15, 0.2) is 24.3 Å². The van der Waals surface area contributed by atoms with Crippen molar-refractivity contribution in [2.24, 2.45) is 0 Å². The van der Waals surface area contributed by atoms with Gasteiger partial charge < -0.3 is 15.0 Å². The molecule has 1 unspecified atom stereocenters. The number of methoxy groups -OCH3 is 1. The maximum Gasteiger partial charge on any atom is 0.0640 e. The van der Waals surface area contributed by atoms with Gasteiger partial charge in [-0.3, -0.25) is 0 Å². The van der Waals surface area contributed by atoms with Gasteiger partial charge in [-0.1, -0.05) is 25.1 Å². The number of benzene rings is 1. The lowest BCUT2D eigenvalue weighted by atomic mass is 10.0. The molecule has 0 spiro atoms. The van der Waals surface area contributed by atoms with Crippen molar-refractivity contribution < 1.29 is 4.74 Å². The number of rotatable bonds is 9. The molecule has 0 aliphatic heterocycles. The number of nitriles is 1. The zero-order valence-corrected chi connectivity index (χ0v) is 12.7. The minimum absolute atomic E-state index is 0.332. The first kappa shape index (κ1) is 16.5. The van der Waals surface area contributed by atoms with E-state index in [1.54, 1.807) is 7.11 Å². The van der Waals surface area contributed by atoms with Gasteiger partial charge in [0.1, 0.15) is 0 Å². The monoisotopic (exact) mass is 275 g/mol. The summed E-state index contributed by atoms with van der Waals surface area (Å²) in [7, 11) is 3.69. The molecule has 1 atom stereocenters. The van der Waals surface area contributed by atoms with Crippen LogP contribution in [0.1, 0.15) is 31.4 Å². The number of hydrogen-bond donors (Lipinski definition) is 1. The van der Waals surface area contributed by atoms with E-state index in [0.29, 0.717) is 19.1 Å². The van der Waals surface area contributed by atoms with Crippen LogP contribution in [0.25, 0.3) is 0 Å². The minimum atomic E-state index is 0.332. The third-order valence-electron chi connectivity index (χ3n) is 3.47. The molecule has 1 N–H and O–H groups in total. The third kappa shape index (κ3) is 4.52. The average molecular weight is 275 g/mol. The molecule has 0 aliphatic carbocycles. The third-order valence-corrected chi connectivity index (χ3v) is 3.47. The molecule has 0 fully saturated rings. The largest absolute Gasteiger partial charge is 0.383 e. The number of anilines is 1. The summed E-state index contributed by atoms with van der Waals surface area (Å²) in [5.74, 6) is 0. The van der Waals surface area contributed by atoms with E-state index in [1.807, 2.05) is 13.1 Å². The summed E-state index contributed by atoms with van der Waals surface area (Å²) < 4.78 is 5.19. The molecule has 4 heteroatoms. The van der Waals surface area contributed by atoms with Gasteiger partial charge in [0.05, 0.1) is 19.1 Å². The van der Waals surface area contributed by atoms with Gasteiger partial charge in [0, 0.05) is 31.9 Å². The molecular weight excluding hydrogens is 250 g/mol. The van der Waals surface area contributed by atoms with Crippen molar-refractivity contribution in [2.45, 2.75) is 25.8 Å². The van der Waals surface area contributed by atoms with Crippen molar-refractivity contribution in [3.05, 3.63) is 29.8 Å². The zero-order chi connectivity index (χ0) is 14.8. The van der Waals surface area contributed by atoms with Crippen LogP contribution in [-0.4, -0.2) is 33.9 Å². The quantitative estimate of drug-likeness (QED) is 0.753. The topological polar surface area (TPSA) is 48.3 Å². The molecule has 4 nitrogen and oxygen atoms in total. The molecule has 0 saturated heterocycles. The molecule has 0 aliphatic rings. The Morgan fingerprint density at radius 1 is 1.35 bits per heavy atom. The van der Waals surface area contributed by atoms with Gasteiger partial charge in [-0.2, -0.15) is 5.26 Å². The number of nitrogens with one attached hydrogen (secondary N) is 1. The van der Waals surface area contributed by atoms with E-state index < -0.39 is 0 Å². The maximum atomic E-state index is 8.84. The lowest BCUT2D eigenvalue weighted by Gasteiger charge is -2.28. The van der Waals surface area contributed by atoms with Gasteiger partial charge in [0.25, 0.3) is 0 Å². The molecule has 0 amide bonds. The van der Waals surface area contributed by atoms with Crippen molar-refractivity contribution in [1.29, 1.82) is 5.26 Å². The second-order valence-corrected chi connectivity index (χ2v) is 4.70. The molecule has 20 heavy (non-hydrogen) atoms. The molecule has 110 valence electrons. The van der Waals surface area contributed by atoms with Gasteiger partial charge in [0.15, 0.2) is 0 Å². The average Bonchev–Trinajstić information content (AvgIpc) is 2.49. The number of nitrogens with zero attached hydrogens (tertiary/aromatic N) is 2. The molecule has 1 aromatic carbocycles. The van der Waals surface area contributed by atoms with Crippen molar-refractivity contribution in [3.8, 4) is 6.07 Å². The number of hydrogen-bond acceptors (Lipinski definition) is 4. The Bertz CT molecular complexity index is 424. The zero-order valence-electron chi connectivity index (χ0n) is 12.7. The summed E-state index contributed by atoms with van der Waals surface area (Å²) in [5, 5.41) is 12.2. The van der Waals surface area contributed by atoms with Crippen LogP contribution < -0.4 is 10.2 Å². The van der Waals surface area contributed by atoms with Crippen LogP contribution in [0.5, 0.6) is 0 Å². The van der Waals surface area contributed by atoms with Crippen molar-refractivity contribution >= 4 is 5.69 Å². The normalized spacial score (nSPS) is 11.9.